The number of nitrogens with two attached hydrogens (primary N) is 1. The molecule has 1 rings (SSSR count). The summed E-state index contributed by atoms with van der Waals surface area (Å²) in [6, 6.07) is 0.290. The monoisotopic (exact) mass is 259 g/mol. The average molecular weight is 259 g/mol. The van der Waals surface area contributed by atoms with E-state index >= 15 is 0 Å². The average Bonchev–Trinajstić information content (AvgIpc) is 2.87. The first-order valence-electron chi connectivity index (χ1n) is 5.93. The minimum atomic E-state index is -0.486. The summed E-state index contributed by atoms with van der Waals surface area (Å²) < 4.78 is 0. The molecule has 1 saturated heterocycles. The molecule has 0 aliphatic carbocycles. The molecule has 1 aliphatic heterocycles. The maximum Gasteiger partial charge on any atom is 0.233 e. The summed E-state index contributed by atoms with van der Waals surface area (Å²) in [5, 5.41) is 11.7. The van der Waals surface area contributed by atoms with E-state index in [4.69, 9.17) is 10.9 Å². The van der Waals surface area contributed by atoms with E-state index in [2.05, 4.69) is 5.16 Å². The molecule has 98 valence electrons. The highest BCUT2D eigenvalue weighted by Gasteiger charge is 2.30. The fourth-order valence-electron chi connectivity index (χ4n) is 2.01. The Kier molecular flexibility index (Phi) is 5.61. The van der Waals surface area contributed by atoms with Crippen LogP contribution < -0.4 is 5.73 Å². The summed E-state index contributed by atoms with van der Waals surface area (Å²) in [5.74, 6) is 1.59. The highest BCUT2D eigenvalue weighted by molar-refractivity contribution is 7.99. The lowest BCUT2D eigenvalue weighted by atomic mass is 10.00. The molecule has 0 aromatic rings. The van der Waals surface area contributed by atoms with Crippen LogP contribution in [-0.2, 0) is 4.79 Å². The SMILES string of the molecule is CCCC(C(=O)N(C)C1CCSC1)C(N)=NO. The highest BCUT2D eigenvalue weighted by atomic mass is 32.2. The Morgan fingerprint density at radius 1 is 1.71 bits per heavy atom. The molecule has 0 spiro atoms. The standard InChI is InChI=1S/C11H21N3O2S/c1-3-4-9(10(12)13-16)11(15)14(2)8-5-6-17-7-8/h8-9,16H,3-7H2,1-2H3,(H2,12,13). The van der Waals surface area contributed by atoms with Gasteiger partial charge in [0, 0.05) is 18.8 Å². The summed E-state index contributed by atoms with van der Waals surface area (Å²) in [6.45, 7) is 1.98. The second-order valence-corrected chi connectivity index (χ2v) is 5.48. The minimum Gasteiger partial charge on any atom is -0.409 e. The molecule has 17 heavy (non-hydrogen) atoms. The molecule has 0 aromatic carbocycles. The first-order chi connectivity index (χ1) is 8.11. The molecule has 3 N–H and O–H groups in total. The zero-order valence-electron chi connectivity index (χ0n) is 10.4. The Labute approximate surface area is 106 Å². The Balaban J connectivity index is 2.69. The third kappa shape index (κ3) is 3.52. The number of hydrogen-bond acceptors (Lipinski definition) is 4. The van der Waals surface area contributed by atoms with Gasteiger partial charge in [-0.25, -0.2) is 0 Å². The van der Waals surface area contributed by atoms with Crippen molar-refractivity contribution >= 4 is 23.5 Å². The zero-order chi connectivity index (χ0) is 12.8. The van der Waals surface area contributed by atoms with Crippen LogP contribution in [-0.4, -0.2) is 46.4 Å². The Bertz CT molecular complexity index is 290. The molecule has 0 radical (unpaired) electrons. The number of oxime groups is 1. The van der Waals surface area contributed by atoms with Crippen molar-refractivity contribution in [3.05, 3.63) is 0 Å². The molecule has 2 unspecified atom stereocenters. The van der Waals surface area contributed by atoms with Crippen LogP contribution in [0.1, 0.15) is 26.2 Å². The smallest absolute Gasteiger partial charge is 0.233 e. The molecular weight excluding hydrogens is 238 g/mol. The van der Waals surface area contributed by atoms with Crippen molar-refractivity contribution in [2.45, 2.75) is 32.2 Å². The van der Waals surface area contributed by atoms with Gasteiger partial charge in [-0.15, -0.1) is 0 Å². The van der Waals surface area contributed by atoms with E-state index in [1.807, 2.05) is 25.7 Å². The molecule has 1 fully saturated rings. The largest absolute Gasteiger partial charge is 0.409 e. The summed E-state index contributed by atoms with van der Waals surface area (Å²) in [4.78, 5) is 14.0. The number of rotatable bonds is 5. The minimum absolute atomic E-state index is 0.0225. The molecule has 1 heterocycles. The third-order valence-corrected chi connectivity index (χ3v) is 4.29. The van der Waals surface area contributed by atoms with Crippen LogP contribution in [0.15, 0.2) is 5.16 Å². The van der Waals surface area contributed by atoms with Crippen LogP contribution in [0, 0.1) is 5.92 Å². The third-order valence-electron chi connectivity index (χ3n) is 3.15. The summed E-state index contributed by atoms with van der Waals surface area (Å²) >= 11 is 1.86. The number of carbonyl (C=O) groups is 1. The molecule has 0 bridgehead atoms. The van der Waals surface area contributed by atoms with Crippen molar-refractivity contribution < 1.29 is 10.0 Å². The van der Waals surface area contributed by atoms with Crippen LogP contribution in [0.25, 0.3) is 0 Å². The maximum atomic E-state index is 12.3. The maximum absolute atomic E-state index is 12.3. The van der Waals surface area contributed by atoms with Gasteiger partial charge in [0.1, 0.15) is 0 Å². The number of nitrogens with zero attached hydrogens (tertiary/aromatic N) is 2. The fraction of sp³-hybridized carbons (Fsp3) is 0.818. The topological polar surface area (TPSA) is 78.9 Å². The van der Waals surface area contributed by atoms with E-state index in [0.717, 1.165) is 24.3 Å². The first-order valence-corrected chi connectivity index (χ1v) is 7.09. The lowest BCUT2D eigenvalue weighted by Gasteiger charge is -2.27. The normalized spacial score (nSPS) is 22.5. The van der Waals surface area contributed by atoms with Gasteiger partial charge in [-0.05, 0) is 18.6 Å². The first kappa shape index (κ1) is 14.2. The number of amides is 1. The van der Waals surface area contributed by atoms with Crippen molar-refractivity contribution in [2.75, 3.05) is 18.6 Å². The quantitative estimate of drug-likeness (QED) is 0.335. The molecule has 0 saturated carbocycles. The van der Waals surface area contributed by atoms with E-state index in [-0.39, 0.29) is 11.7 Å². The van der Waals surface area contributed by atoms with Crippen LogP contribution in [0.4, 0.5) is 0 Å². The van der Waals surface area contributed by atoms with Crippen LogP contribution in [0.2, 0.25) is 0 Å². The zero-order valence-corrected chi connectivity index (χ0v) is 11.2. The number of thioether (sulfide) groups is 1. The summed E-state index contributed by atoms with van der Waals surface area (Å²) in [5.41, 5.74) is 5.59. The number of amidine groups is 1. The van der Waals surface area contributed by atoms with E-state index in [1.54, 1.807) is 4.90 Å². The number of hydrogen-bond donors (Lipinski definition) is 2. The van der Waals surface area contributed by atoms with Gasteiger partial charge < -0.3 is 15.8 Å². The number of carbonyl (C=O) groups excluding carboxylic acids is 1. The van der Waals surface area contributed by atoms with E-state index in [1.165, 1.54) is 0 Å². The van der Waals surface area contributed by atoms with Crippen LogP contribution >= 0.6 is 11.8 Å². The molecule has 5 nitrogen and oxygen atoms in total. The van der Waals surface area contributed by atoms with Crippen molar-refractivity contribution in [1.82, 2.24) is 4.90 Å². The Morgan fingerprint density at radius 2 is 2.41 bits per heavy atom. The van der Waals surface area contributed by atoms with Gasteiger partial charge in [-0.2, -0.15) is 11.8 Å². The van der Waals surface area contributed by atoms with Gasteiger partial charge in [0.05, 0.1) is 5.92 Å². The highest BCUT2D eigenvalue weighted by Crippen LogP contribution is 2.23. The predicted octanol–water partition coefficient (Wildman–Crippen LogP) is 1.11. The van der Waals surface area contributed by atoms with Gasteiger partial charge in [0.15, 0.2) is 5.84 Å². The molecule has 0 aromatic heterocycles. The van der Waals surface area contributed by atoms with E-state index in [9.17, 15) is 4.79 Å². The molecule has 1 aliphatic rings. The van der Waals surface area contributed by atoms with Crippen LogP contribution in [0.5, 0.6) is 0 Å². The second kappa shape index (κ2) is 6.74. The van der Waals surface area contributed by atoms with Gasteiger partial charge in [0.2, 0.25) is 5.91 Å². The van der Waals surface area contributed by atoms with Crippen molar-refractivity contribution in [3.8, 4) is 0 Å². The van der Waals surface area contributed by atoms with E-state index < -0.39 is 5.92 Å². The lowest BCUT2D eigenvalue weighted by molar-refractivity contribution is -0.134. The molecular formula is C11H21N3O2S. The van der Waals surface area contributed by atoms with Crippen LogP contribution in [0.3, 0.4) is 0 Å². The molecule has 2 atom stereocenters. The van der Waals surface area contributed by atoms with E-state index in [0.29, 0.717) is 12.5 Å². The lowest BCUT2D eigenvalue weighted by Crippen LogP contribution is -2.44. The molecule has 6 heteroatoms. The summed E-state index contributed by atoms with van der Waals surface area (Å²) in [6.07, 6.45) is 2.49. The van der Waals surface area contributed by atoms with Crippen molar-refractivity contribution in [2.24, 2.45) is 16.8 Å². The van der Waals surface area contributed by atoms with Gasteiger partial charge in [-0.3, -0.25) is 4.79 Å². The van der Waals surface area contributed by atoms with Crippen molar-refractivity contribution in [3.63, 3.8) is 0 Å². The van der Waals surface area contributed by atoms with Crippen molar-refractivity contribution in [1.29, 1.82) is 0 Å². The summed E-state index contributed by atoms with van der Waals surface area (Å²) in [7, 11) is 1.81. The predicted molar refractivity (Wildman–Crippen MR) is 70.3 cm³/mol. The van der Waals surface area contributed by atoms with Gasteiger partial charge >= 0.3 is 0 Å². The van der Waals surface area contributed by atoms with Gasteiger partial charge in [-0.1, -0.05) is 18.5 Å². The molecule has 1 amide bonds. The Morgan fingerprint density at radius 3 is 2.88 bits per heavy atom. The fourth-order valence-corrected chi connectivity index (χ4v) is 3.28. The van der Waals surface area contributed by atoms with Gasteiger partial charge in [0.25, 0.3) is 0 Å². The second-order valence-electron chi connectivity index (χ2n) is 4.33. The Hall–Kier alpha value is -0.910.